The summed E-state index contributed by atoms with van der Waals surface area (Å²) in [7, 11) is -2.37. The van der Waals surface area contributed by atoms with E-state index in [1.807, 2.05) is 0 Å². The first kappa shape index (κ1) is 21.9. The molecule has 0 fully saturated rings. The summed E-state index contributed by atoms with van der Waals surface area (Å²) in [6.07, 6.45) is -3.57. The highest BCUT2D eigenvalue weighted by Crippen LogP contribution is 2.43. The lowest BCUT2D eigenvalue weighted by Crippen LogP contribution is -2.35. The van der Waals surface area contributed by atoms with Crippen molar-refractivity contribution in [2.24, 2.45) is 0 Å². The van der Waals surface area contributed by atoms with Gasteiger partial charge in [-0.2, -0.15) is 18.3 Å². The predicted molar refractivity (Wildman–Crippen MR) is 108 cm³/mol. The van der Waals surface area contributed by atoms with Crippen molar-refractivity contribution in [3.63, 3.8) is 0 Å². The number of fused-ring (bicyclic) bond motifs is 1. The highest BCUT2D eigenvalue weighted by molar-refractivity contribution is 7.89. The monoisotopic (exact) mass is 469 g/mol. The van der Waals surface area contributed by atoms with Gasteiger partial charge in [-0.15, -0.1) is 0 Å². The third-order valence-corrected chi connectivity index (χ3v) is 6.43. The van der Waals surface area contributed by atoms with Gasteiger partial charge in [0.1, 0.15) is 11.6 Å². The number of nitrogens with one attached hydrogen (secondary N) is 3. The third kappa shape index (κ3) is 4.21. The number of benzene rings is 1. The molecule has 3 heterocycles. The van der Waals surface area contributed by atoms with Crippen LogP contribution in [-0.4, -0.2) is 37.3 Å². The second-order valence-electron chi connectivity index (χ2n) is 7.05. The molecule has 1 aliphatic rings. The molecule has 1 amide bonds. The third-order valence-electron chi connectivity index (χ3n) is 5.00. The fourth-order valence-corrected chi connectivity index (χ4v) is 4.12. The quantitative estimate of drug-likeness (QED) is 0.528. The minimum Gasteiger partial charge on any atom is -0.467 e. The molecule has 0 saturated carbocycles. The van der Waals surface area contributed by atoms with Crippen molar-refractivity contribution in [1.29, 1.82) is 0 Å². The number of nitrogens with zero attached hydrogens (tertiary/aromatic N) is 2. The normalized spacial score (nSPS) is 18.6. The maximum absolute atomic E-state index is 13.7. The number of anilines is 2. The van der Waals surface area contributed by atoms with Crippen molar-refractivity contribution < 1.29 is 30.8 Å². The summed E-state index contributed by atoms with van der Waals surface area (Å²) in [6.45, 7) is 0. The largest absolute Gasteiger partial charge is 0.467 e. The Morgan fingerprint density at radius 3 is 2.56 bits per heavy atom. The zero-order valence-electron chi connectivity index (χ0n) is 16.6. The van der Waals surface area contributed by atoms with E-state index >= 15 is 0 Å². The molecule has 13 heteroatoms. The summed E-state index contributed by atoms with van der Waals surface area (Å²) in [6, 6.07) is 7.00. The number of alkyl halides is 3. The number of hydrogen-bond donors (Lipinski definition) is 3. The van der Waals surface area contributed by atoms with Crippen molar-refractivity contribution in [3.05, 3.63) is 60.2 Å². The van der Waals surface area contributed by atoms with E-state index in [2.05, 4.69) is 20.5 Å². The Kier molecular flexibility index (Phi) is 5.46. The van der Waals surface area contributed by atoms with Crippen LogP contribution in [0.5, 0.6) is 0 Å². The van der Waals surface area contributed by atoms with Crippen LogP contribution in [0, 0.1) is 0 Å². The Bertz CT molecular complexity index is 1220. The van der Waals surface area contributed by atoms with Crippen molar-refractivity contribution in [3.8, 4) is 0 Å². The van der Waals surface area contributed by atoms with Gasteiger partial charge in [0, 0.05) is 18.2 Å². The number of amides is 1. The van der Waals surface area contributed by atoms with Crippen LogP contribution in [0.1, 0.15) is 34.8 Å². The van der Waals surface area contributed by atoms with E-state index in [-0.39, 0.29) is 28.5 Å². The number of hydrogen-bond acceptors (Lipinski definition) is 6. The fourth-order valence-electron chi connectivity index (χ4n) is 3.39. The van der Waals surface area contributed by atoms with Crippen LogP contribution in [0.3, 0.4) is 0 Å². The summed E-state index contributed by atoms with van der Waals surface area (Å²) in [4.78, 5) is 12.6. The summed E-state index contributed by atoms with van der Waals surface area (Å²) in [5.74, 6) is -0.372. The molecular formula is C19H18F3N5O4S. The number of furan rings is 1. The maximum Gasteiger partial charge on any atom is 0.410 e. The molecule has 0 spiro atoms. The van der Waals surface area contributed by atoms with Gasteiger partial charge in [0.15, 0.2) is 11.7 Å². The number of aromatic nitrogens is 2. The van der Waals surface area contributed by atoms with Crippen LogP contribution in [0.15, 0.2) is 58.0 Å². The fraction of sp³-hybridized carbons (Fsp3) is 0.263. The number of carbonyl (C=O) groups excluding carboxylic acids is 1. The Hall–Kier alpha value is -3.32. The van der Waals surface area contributed by atoms with E-state index in [4.69, 9.17) is 4.42 Å². The molecule has 3 N–H and O–H groups in total. The molecule has 0 bridgehead atoms. The molecule has 0 radical (unpaired) electrons. The van der Waals surface area contributed by atoms with Gasteiger partial charge >= 0.3 is 6.18 Å². The standard InChI is InChI=1S/C19H18F3N5O4S/c1-23-32(29,30)12-6-4-11(5-7-12)24-18(28)14-10-17-25-13(15-3-2-8-31-15)9-16(19(20,21)22)27(17)26-14/h2-8,10,13,16,23,25H,9H2,1H3,(H,24,28)/t13-,16+/m1/s1. The number of rotatable bonds is 5. The summed E-state index contributed by atoms with van der Waals surface area (Å²) < 4.78 is 72.7. The van der Waals surface area contributed by atoms with E-state index in [1.54, 1.807) is 12.1 Å². The first-order valence-corrected chi connectivity index (χ1v) is 10.9. The van der Waals surface area contributed by atoms with Crippen molar-refractivity contribution in [2.45, 2.75) is 29.6 Å². The lowest BCUT2D eigenvalue weighted by Gasteiger charge is -2.32. The van der Waals surface area contributed by atoms with Gasteiger partial charge in [-0.25, -0.2) is 17.8 Å². The van der Waals surface area contributed by atoms with Crippen LogP contribution in [0.4, 0.5) is 24.7 Å². The summed E-state index contributed by atoms with van der Waals surface area (Å²) in [5, 5.41) is 9.29. The zero-order valence-corrected chi connectivity index (χ0v) is 17.4. The Labute approximate surface area is 180 Å². The van der Waals surface area contributed by atoms with Crippen LogP contribution < -0.4 is 15.4 Å². The van der Waals surface area contributed by atoms with E-state index in [0.29, 0.717) is 5.76 Å². The Morgan fingerprint density at radius 2 is 1.97 bits per heavy atom. The topological polar surface area (TPSA) is 118 Å². The second-order valence-corrected chi connectivity index (χ2v) is 8.94. The molecule has 1 aliphatic heterocycles. The zero-order chi connectivity index (χ0) is 23.1. The van der Waals surface area contributed by atoms with Crippen LogP contribution >= 0.6 is 0 Å². The molecule has 32 heavy (non-hydrogen) atoms. The van der Waals surface area contributed by atoms with Gasteiger partial charge in [-0.3, -0.25) is 4.79 Å². The maximum atomic E-state index is 13.7. The van der Waals surface area contributed by atoms with Crippen LogP contribution in [0.25, 0.3) is 0 Å². The lowest BCUT2D eigenvalue weighted by atomic mass is 10.0. The molecule has 1 aromatic carbocycles. The molecule has 2 aromatic heterocycles. The average Bonchev–Trinajstić information content (AvgIpc) is 3.42. The molecule has 170 valence electrons. The van der Waals surface area contributed by atoms with E-state index in [0.717, 1.165) is 4.68 Å². The first-order chi connectivity index (χ1) is 15.1. The number of halogens is 3. The number of carbonyl (C=O) groups is 1. The van der Waals surface area contributed by atoms with E-state index in [9.17, 15) is 26.4 Å². The smallest absolute Gasteiger partial charge is 0.410 e. The lowest BCUT2D eigenvalue weighted by molar-refractivity contribution is -0.174. The molecular weight excluding hydrogens is 451 g/mol. The average molecular weight is 469 g/mol. The minimum absolute atomic E-state index is 0.00311. The molecule has 9 nitrogen and oxygen atoms in total. The Balaban J connectivity index is 1.58. The van der Waals surface area contributed by atoms with Gasteiger partial charge in [0.25, 0.3) is 5.91 Å². The van der Waals surface area contributed by atoms with Crippen molar-refractivity contribution in [1.82, 2.24) is 14.5 Å². The molecule has 0 unspecified atom stereocenters. The summed E-state index contributed by atoms with van der Waals surface area (Å²) in [5.41, 5.74) is 0.0265. The van der Waals surface area contributed by atoms with Gasteiger partial charge in [-0.05, 0) is 43.4 Å². The molecule has 0 aliphatic carbocycles. The van der Waals surface area contributed by atoms with Crippen LogP contribution in [0.2, 0.25) is 0 Å². The highest BCUT2D eigenvalue weighted by atomic mass is 32.2. The SMILES string of the molecule is CNS(=O)(=O)c1ccc(NC(=O)c2cc3n(n2)[C@H](C(F)(F)F)C[C@H](c2ccco2)N3)cc1. The second kappa shape index (κ2) is 7.98. The molecule has 3 aromatic rings. The minimum atomic E-state index is -4.59. The Morgan fingerprint density at radius 1 is 1.25 bits per heavy atom. The van der Waals surface area contributed by atoms with E-state index < -0.39 is 34.2 Å². The highest BCUT2D eigenvalue weighted by Gasteiger charge is 2.47. The van der Waals surface area contributed by atoms with Gasteiger partial charge in [-0.1, -0.05) is 0 Å². The van der Waals surface area contributed by atoms with Gasteiger partial charge in [0.05, 0.1) is 17.2 Å². The predicted octanol–water partition coefficient (Wildman–Crippen LogP) is 3.30. The van der Waals surface area contributed by atoms with E-state index in [1.165, 1.54) is 43.6 Å². The van der Waals surface area contributed by atoms with Crippen molar-refractivity contribution >= 4 is 27.4 Å². The molecule has 2 atom stereocenters. The molecule has 0 saturated heterocycles. The van der Waals surface area contributed by atoms with Crippen molar-refractivity contribution in [2.75, 3.05) is 17.7 Å². The van der Waals surface area contributed by atoms with Gasteiger partial charge in [0.2, 0.25) is 10.0 Å². The molecule has 4 rings (SSSR count). The van der Waals surface area contributed by atoms with Crippen LogP contribution in [-0.2, 0) is 10.0 Å². The summed E-state index contributed by atoms with van der Waals surface area (Å²) >= 11 is 0. The first-order valence-electron chi connectivity index (χ1n) is 9.39. The van der Waals surface area contributed by atoms with Gasteiger partial charge < -0.3 is 15.1 Å². The number of sulfonamides is 1.